The number of benzene rings is 1. The van der Waals surface area contributed by atoms with Crippen molar-refractivity contribution in [2.24, 2.45) is 0 Å². The molecule has 0 bridgehead atoms. The SMILES string of the molecule is CCCOc1cccc(Nc2nc3c(c(=O)[nH]2)CSC3)c1. The third kappa shape index (κ3) is 3.21. The number of fused-ring (bicyclic) bond motifs is 1. The van der Waals surface area contributed by atoms with E-state index in [1.807, 2.05) is 24.3 Å². The number of aromatic amines is 1. The quantitative estimate of drug-likeness (QED) is 0.888. The zero-order chi connectivity index (χ0) is 14.7. The van der Waals surface area contributed by atoms with Gasteiger partial charge in [-0.2, -0.15) is 11.8 Å². The van der Waals surface area contributed by atoms with Crippen LogP contribution < -0.4 is 15.6 Å². The van der Waals surface area contributed by atoms with Crippen LogP contribution in [0.25, 0.3) is 0 Å². The van der Waals surface area contributed by atoms with E-state index in [0.717, 1.165) is 40.6 Å². The van der Waals surface area contributed by atoms with Gasteiger partial charge in [-0.05, 0) is 18.6 Å². The van der Waals surface area contributed by atoms with Gasteiger partial charge >= 0.3 is 0 Å². The number of ether oxygens (including phenoxy) is 1. The van der Waals surface area contributed by atoms with Crippen molar-refractivity contribution in [1.29, 1.82) is 0 Å². The van der Waals surface area contributed by atoms with E-state index in [1.54, 1.807) is 11.8 Å². The fraction of sp³-hybridized carbons (Fsp3) is 0.333. The summed E-state index contributed by atoms with van der Waals surface area (Å²) in [6.07, 6.45) is 0.967. The summed E-state index contributed by atoms with van der Waals surface area (Å²) in [6, 6.07) is 7.64. The predicted octanol–water partition coefficient (Wildman–Crippen LogP) is 3.05. The smallest absolute Gasteiger partial charge is 0.256 e. The number of hydrogen-bond acceptors (Lipinski definition) is 5. The lowest BCUT2D eigenvalue weighted by molar-refractivity contribution is 0.317. The normalized spacial score (nSPS) is 13.0. The van der Waals surface area contributed by atoms with Crippen molar-refractivity contribution >= 4 is 23.4 Å². The molecular weight excluding hydrogens is 286 g/mol. The zero-order valence-corrected chi connectivity index (χ0v) is 12.6. The number of rotatable bonds is 5. The summed E-state index contributed by atoms with van der Waals surface area (Å²) in [5.41, 5.74) is 2.47. The van der Waals surface area contributed by atoms with E-state index in [2.05, 4.69) is 22.2 Å². The van der Waals surface area contributed by atoms with Gasteiger partial charge in [0.25, 0.3) is 5.56 Å². The van der Waals surface area contributed by atoms with Crippen LogP contribution in [0.15, 0.2) is 29.1 Å². The van der Waals surface area contributed by atoms with Crippen LogP contribution in [-0.4, -0.2) is 16.6 Å². The molecule has 0 aliphatic carbocycles. The second kappa shape index (κ2) is 6.22. The van der Waals surface area contributed by atoms with E-state index in [1.165, 1.54) is 0 Å². The van der Waals surface area contributed by atoms with Crippen molar-refractivity contribution in [1.82, 2.24) is 9.97 Å². The van der Waals surface area contributed by atoms with Crippen LogP contribution in [0.3, 0.4) is 0 Å². The Balaban J connectivity index is 1.80. The molecule has 6 heteroatoms. The molecule has 0 amide bonds. The minimum absolute atomic E-state index is 0.0501. The first-order chi connectivity index (χ1) is 10.3. The Morgan fingerprint density at radius 1 is 1.43 bits per heavy atom. The fourth-order valence-electron chi connectivity index (χ4n) is 2.14. The van der Waals surface area contributed by atoms with Gasteiger partial charge in [0.2, 0.25) is 5.95 Å². The van der Waals surface area contributed by atoms with E-state index in [9.17, 15) is 4.79 Å². The highest BCUT2D eigenvalue weighted by Gasteiger charge is 2.17. The number of H-pyrrole nitrogens is 1. The number of aromatic nitrogens is 2. The van der Waals surface area contributed by atoms with E-state index in [4.69, 9.17) is 4.74 Å². The Morgan fingerprint density at radius 2 is 2.33 bits per heavy atom. The number of nitrogens with one attached hydrogen (secondary N) is 2. The van der Waals surface area contributed by atoms with E-state index < -0.39 is 0 Å². The first-order valence-corrected chi connectivity index (χ1v) is 8.11. The first kappa shape index (κ1) is 14.0. The molecule has 110 valence electrons. The summed E-state index contributed by atoms with van der Waals surface area (Å²) in [7, 11) is 0. The van der Waals surface area contributed by atoms with Crippen molar-refractivity contribution in [2.45, 2.75) is 24.9 Å². The fourth-order valence-corrected chi connectivity index (χ4v) is 3.18. The van der Waals surface area contributed by atoms with Gasteiger partial charge in [0.1, 0.15) is 5.75 Å². The summed E-state index contributed by atoms with van der Waals surface area (Å²) in [5.74, 6) is 2.83. The molecule has 1 aliphatic rings. The second-order valence-electron chi connectivity index (χ2n) is 4.83. The second-order valence-corrected chi connectivity index (χ2v) is 5.82. The number of thioether (sulfide) groups is 1. The van der Waals surface area contributed by atoms with Gasteiger partial charge in [-0.3, -0.25) is 9.78 Å². The molecule has 0 saturated carbocycles. The van der Waals surface area contributed by atoms with E-state index in [-0.39, 0.29) is 5.56 Å². The molecule has 0 fully saturated rings. The largest absolute Gasteiger partial charge is 0.494 e. The van der Waals surface area contributed by atoms with Crippen LogP contribution in [0.1, 0.15) is 24.6 Å². The summed E-state index contributed by atoms with van der Waals surface area (Å²) in [4.78, 5) is 19.2. The monoisotopic (exact) mass is 303 g/mol. The van der Waals surface area contributed by atoms with Gasteiger partial charge in [0.05, 0.1) is 12.3 Å². The molecule has 5 nitrogen and oxygen atoms in total. The lowest BCUT2D eigenvalue weighted by Gasteiger charge is -2.09. The molecular formula is C15H17N3O2S. The molecule has 21 heavy (non-hydrogen) atoms. The van der Waals surface area contributed by atoms with Gasteiger partial charge in [-0.15, -0.1) is 0 Å². The third-order valence-corrected chi connectivity index (χ3v) is 4.13. The topological polar surface area (TPSA) is 67.0 Å². The van der Waals surface area contributed by atoms with Crippen LogP contribution in [-0.2, 0) is 11.5 Å². The maximum absolute atomic E-state index is 12.0. The molecule has 0 radical (unpaired) electrons. The number of hydrogen-bond donors (Lipinski definition) is 2. The molecule has 1 aliphatic heterocycles. The maximum Gasteiger partial charge on any atom is 0.256 e. The standard InChI is InChI=1S/C15H17N3O2S/c1-2-6-20-11-5-3-4-10(7-11)16-15-17-13-9-21-8-12(13)14(19)18-15/h3-5,7H,2,6,8-9H2,1H3,(H2,16,17,18,19). The van der Waals surface area contributed by atoms with Crippen molar-refractivity contribution in [3.63, 3.8) is 0 Å². The molecule has 2 N–H and O–H groups in total. The minimum atomic E-state index is -0.0501. The molecule has 3 rings (SSSR count). The van der Waals surface area contributed by atoms with Crippen molar-refractivity contribution in [3.05, 3.63) is 45.9 Å². The Bertz CT molecular complexity index is 700. The molecule has 1 aromatic carbocycles. The average Bonchev–Trinajstić information content (AvgIpc) is 2.94. The highest BCUT2D eigenvalue weighted by atomic mass is 32.2. The average molecular weight is 303 g/mol. The molecule has 2 aromatic rings. The van der Waals surface area contributed by atoms with Crippen LogP contribution >= 0.6 is 11.8 Å². The predicted molar refractivity (Wildman–Crippen MR) is 85.4 cm³/mol. The molecule has 1 aromatic heterocycles. The summed E-state index contributed by atoms with van der Waals surface area (Å²) in [5, 5.41) is 3.14. The van der Waals surface area contributed by atoms with Gasteiger partial charge < -0.3 is 10.1 Å². The highest BCUT2D eigenvalue weighted by molar-refractivity contribution is 7.98. The Hall–Kier alpha value is -1.95. The Morgan fingerprint density at radius 3 is 3.19 bits per heavy atom. The van der Waals surface area contributed by atoms with Gasteiger partial charge in [-0.1, -0.05) is 13.0 Å². The van der Waals surface area contributed by atoms with Crippen LogP contribution in [0.4, 0.5) is 11.6 Å². The van der Waals surface area contributed by atoms with Gasteiger partial charge in [0, 0.05) is 28.8 Å². The maximum atomic E-state index is 12.0. The minimum Gasteiger partial charge on any atom is -0.494 e. The van der Waals surface area contributed by atoms with Gasteiger partial charge in [-0.25, -0.2) is 4.98 Å². The van der Waals surface area contributed by atoms with Crippen LogP contribution in [0.5, 0.6) is 5.75 Å². The molecule has 0 spiro atoms. The Labute approximate surface area is 127 Å². The summed E-state index contributed by atoms with van der Waals surface area (Å²) < 4.78 is 5.60. The summed E-state index contributed by atoms with van der Waals surface area (Å²) >= 11 is 1.71. The Kier molecular flexibility index (Phi) is 4.15. The number of nitrogens with zero attached hydrogens (tertiary/aromatic N) is 1. The molecule has 2 heterocycles. The third-order valence-electron chi connectivity index (χ3n) is 3.16. The van der Waals surface area contributed by atoms with Gasteiger partial charge in [0.15, 0.2) is 0 Å². The number of anilines is 2. The van der Waals surface area contributed by atoms with Crippen molar-refractivity contribution in [2.75, 3.05) is 11.9 Å². The van der Waals surface area contributed by atoms with Crippen LogP contribution in [0, 0.1) is 0 Å². The zero-order valence-electron chi connectivity index (χ0n) is 11.8. The lowest BCUT2D eigenvalue weighted by atomic mass is 10.3. The lowest BCUT2D eigenvalue weighted by Crippen LogP contribution is -2.16. The van der Waals surface area contributed by atoms with Crippen molar-refractivity contribution in [3.8, 4) is 5.75 Å². The highest BCUT2D eigenvalue weighted by Crippen LogP contribution is 2.26. The van der Waals surface area contributed by atoms with E-state index in [0.29, 0.717) is 12.6 Å². The molecule has 0 saturated heterocycles. The van der Waals surface area contributed by atoms with E-state index >= 15 is 0 Å². The van der Waals surface area contributed by atoms with Crippen LogP contribution in [0.2, 0.25) is 0 Å². The molecule has 0 unspecified atom stereocenters. The summed E-state index contributed by atoms with van der Waals surface area (Å²) in [6.45, 7) is 2.76. The molecule has 0 atom stereocenters. The first-order valence-electron chi connectivity index (χ1n) is 6.96. The van der Waals surface area contributed by atoms with Crippen molar-refractivity contribution < 1.29 is 4.74 Å².